The number of anilines is 1. The summed E-state index contributed by atoms with van der Waals surface area (Å²) >= 11 is 0. The van der Waals surface area contributed by atoms with Gasteiger partial charge in [0.25, 0.3) is 5.56 Å². The van der Waals surface area contributed by atoms with Gasteiger partial charge in [-0.15, -0.1) is 0 Å². The SMILES string of the molecule is CCC/C(C)=N/Nc1nc2c(c(=O)n(C)c(=O)n2C)n1C. The lowest BCUT2D eigenvalue weighted by molar-refractivity contribution is 0.705. The Morgan fingerprint density at radius 1 is 1.19 bits per heavy atom. The van der Waals surface area contributed by atoms with Crippen LogP contribution in [-0.4, -0.2) is 24.4 Å². The second kappa shape index (κ2) is 5.55. The van der Waals surface area contributed by atoms with E-state index in [1.807, 2.05) is 6.92 Å². The van der Waals surface area contributed by atoms with Gasteiger partial charge >= 0.3 is 5.69 Å². The molecule has 0 fully saturated rings. The van der Waals surface area contributed by atoms with Crippen LogP contribution < -0.4 is 16.7 Å². The Bertz CT molecular complexity index is 824. The molecule has 0 aromatic carbocycles. The van der Waals surface area contributed by atoms with E-state index in [1.165, 1.54) is 11.6 Å². The average Bonchev–Trinajstić information content (AvgIpc) is 2.78. The van der Waals surface area contributed by atoms with E-state index in [4.69, 9.17) is 0 Å². The molecule has 8 nitrogen and oxygen atoms in total. The summed E-state index contributed by atoms with van der Waals surface area (Å²) in [5.41, 5.74) is 3.75. The number of imidazole rings is 1. The molecule has 0 saturated heterocycles. The van der Waals surface area contributed by atoms with Crippen molar-refractivity contribution in [3.8, 4) is 0 Å². The number of nitrogens with zero attached hydrogens (tertiary/aromatic N) is 5. The molecular weight excluding hydrogens is 272 g/mol. The number of aromatic nitrogens is 4. The highest BCUT2D eigenvalue weighted by Crippen LogP contribution is 2.13. The lowest BCUT2D eigenvalue weighted by Crippen LogP contribution is -2.37. The van der Waals surface area contributed by atoms with Crippen LogP contribution in [0, 0.1) is 0 Å². The third-order valence-corrected chi connectivity index (χ3v) is 3.43. The van der Waals surface area contributed by atoms with Crippen LogP contribution in [0.4, 0.5) is 5.95 Å². The minimum Gasteiger partial charge on any atom is -0.306 e. The fraction of sp³-hybridized carbons (Fsp3) is 0.538. The first-order valence-electron chi connectivity index (χ1n) is 6.80. The molecule has 0 atom stereocenters. The van der Waals surface area contributed by atoms with Gasteiger partial charge in [-0.05, 0) is 13.3 Å². The smallest absolute Gasteiger partial charge is 0.306 e. The van der Waals surface area contributed by atoms with Crippen molar-refractivity contribution in [2.45, 2.75) is 26.7 Å². The minimum atomic E-state index is -0.400. The monoisotopic (exact) mass is 292 g/mol. The fourth-order valence-corrected chi connectivity index (χ4v) is 2.18. The van der Waals surface area contributed by atoms with Crippen molar-refractivity contribution in [1.29, 1.82) is 0 Å². The summed E-state index contributed by atoms with van der Waals surface area (Å²) in [5, 5.41) is 4.23. The molecule has 2 heterocycles. The Balaban J connectivity index is 2.60. The number of hydrazone groups is 1. The van der Waals surface area contributed by atoms with E-state index in [0.29, 0.717) is 17.1 Å². The Labute approximate surface area is 121 Å². The van der Waals surface area contributed by atoms with Crippen LogP contribution in [0.5, 0.6) is 0 Å². The number of aryl methyl sites for hydroxylation is 2. The van der Waals surface area contributed by atoms with E-state index >= 15 is 0 Å². The molecule has 0 aliphatic rings. The third kappa shape index (κ3) is 2.48. The molecule has 1 N–H and O–H groups in total. The summed E-state index contributed by atoms with van der Waals surface area (Å²) in [5.74, 6) is 0.429. The molecule has 2 rings (SSSR count). The first kappa shape index (κ1) is 15.0. The van der Waals surface area contributed by atoms with Gasteiger partial charge in [-0.1, -0.05) is 13.3 Å². The predicted octanol–water partition coefficient (Wildman–Crippen LogP) is 0.559. The van der Waals surface area contributed by atoms with Gasteiger partial charge in [0.15, 0.2) is 11.2 Å². The summed E-state index contributed by atoms with van der Waals surface area (Å²) in [6.07, 6.45) is 1.89. The zero-order valence-electron chi connectivity index (χ0n) is 13.0. The molecule has 0 radical (unpaired) electrons. The molecular formula is C13H20N6O2. The molecule has 0 aliphatic carbocycles. The standard InChI is InChI=1S/C13H20N6O2/c1-6-7-8(2)15-16-12-14-10-9(17(12)3)11(20)19(5)13(21)18(10)4/h6-7H2,1-5H3,(H,14,16)/b15-8+. The van der Waals surface area contributed by atoms with Crippen molar-refractivity contribution >= 4 is 22.8 Å². The van der Waals surface area contributed by atoms with Crippen LogP contribution in [0.3, 0.4) is 0 Å². The second-order valence-corrected chi connectivity index (χ2v) is 5.08. The van der Waals surface area contributed by atoms with Gasteiger partial charge < -0.3 is 4.57 Å². The minimum absolute atomic E-state index is 0.344. The van der Waals surface area contributed by atoms with Crippen LogP contribution in [0.25, 0.3) is 11.2 Å². The van der Waals surface area contributed by atoms with Crippen molar-refractivity contribution in [3.05, 3.63) is 20.8 Å². The number of hydrogen-bond donors (Lipinski definition) is 1. The summed E-state index contributed by atoms with van der Waals surface area (Å²) < 4.78 is 4.03. The molecule has 0 aliphatic heterocycles. The Morgan fingerprint density at radius 2 is 1.86 bits per heavy atom. The molecule has 0 unspecified atom stereocenters. The molecule has 0 spiro atoms. The van der Waals surface area contributed by atoms with Gasteiger partial charge in [0.2, 0.25) is 5.95 Å². The van der Waals surface area contributed by atoms with Gasteiger partial charge in [-0.2, -0.15) is 10.1 Å². The van der Waals surface area contributed by atoms with E-state index in [0.717, 1.165) is 23.1 Å². The van der Waals surface area contributed by atoms with E-state index in [9.17, 15) is 9.59 Å². The summed E-state index contributed by atoms with van der Waals surface area (Å²) in [6.45, 7) is 4.00. The molecule has 0 amide bonds. The highest BCUT2D eigenvalue weighted by molar-refractivity contribution is 5.82. The van der Waals surface area contributed by atoms with Crippen molar-refractivity contribution in [2.24, 2.45) is 26.2 Å². The maximum atomic E-state index is 12.2. The van der Waals surface area contributed by atoms with Gasteiger partial charge in [-0.3, -0.25) is 13.9 Å². The summed E-state index contributed by atoms with van der Waals surface area (Å²) in [6, 6.07) is 0. The quantitative estimate of drug-likeness (QED) is 0.659. The number of fused-ring (bicyclic) bond motifs is 1. The molecule has 0 bridgehead atoms. The molecule has 0 saturated carbocycles. The van der Waals surface area contributed by atoms with Crippen molar-refractivity contribution in [1.82, 2.24) is 18.7 Å². The number of nitrogens with one attached hydrogen (secondary N) is 1. The normalized spacial score (nSPS) is 12.1. The van der Waals surface area contributed by atoms with Crippen molar-refractivity contribution in [2.75, 3.05) is 5.43 Å². The molecule has 21 heavy (non-hydrogen) atoms. The van der Waals surface area contributed by atoms with Gasteiger partial charge in [0, 0.05) is 26.9 Å². The number of rotatable bonds is 4. The van der Waals surface area contributed by atoms with Crippen LogP contribution in [-0.2, 0) is 21.1 Å². The first-order chi connectivity index (χ1) is 9.88. The fourth-order valence-electron chi connectivity index (χ4n) is 2.18. The van der Waals surface area contributed by atoms with Gasteiger partial charge in [-0.25, -0.2) is 10.2 Å². The van der Waals surface area contributed by atoms with Crippen LogP contribution in [0.15, 0.2) is 14.7 Å². The van der Waals surface area contributed by atoms with Crippen LogP contribution >= 0.6 is 0 Å². The van der Waals surface area contributed by atoms with E-state index in [2.05, 4.69) is 22.4 Å². The molecule has 8 heteroatoms. The maximum Gasteiger partial charge on any atom is 0.332 e. The third-order valence-electron chi connectivity index (χ3n) is 3.43. The van der Waals surface area contributed by atoms with Gasteiger partial charge in [0.1, 0.15) is 0 Å². The van der Waals surface area contributed by atoms with E-state index < -0.39 is 5.69 Å². The van der Waals surface area contributed by atoms with E-state index in [1.54, 1.807) is 18.7 Å². The zero-order valence-corrected chi connectivity index (χ0v) is 13.0. The Kier molecular flexibility index (Phi) is 3.97. The Morgan fingerprint density at radius 3 is 2.48 bits per heavy atom. The average molecular weight is 292 g/mol. The number of hydrogen-bond acceptors (Lipinski definition) is 5. The molecule has 2 aromatic rings. The lowest BCUT2D eigenvalue weighted by atomic mass is 10.2. The topological polar surface area (TPSA) is 86.2 Å². The summed E-state index contributed by atoms with van der Waals surface area (Å²) in [7, 11) is 4.76. The Hall–Kier alpha value is -2.38. The first-order valence-corrected chi connectivity index (χ1v) is 6.80. The van der Waals surface area contributed by atoms with Crippen LogP contribution in [0.1, 0.15) is 26.7 Å². The summed E-state index contributed by atoms with van der Waals surface area (Å²) in [4.78, 5) is 28.4. The lowest BCUT2D eigenvalue weighted by Gasteiger charge is -2.03. The van der Waals surface area contributed by atoms with E-state index in [-0.39, 0.29) is 5.56 Å². The van der Waals surface area contributed by atoms with Gasteiger partial charge in [0.05, 0.1) is 0 Å². The highest BCUT2D eigenvalue weighted by atomic mass is 16.2. The highest BCUT2D eigenvalue weighted by Gasteiger charge is 2.16. The predicted molar refractivity (Wildman–Crippen MR) is 82.8 cm³/mol. The van der Waals surface area contributed by atoms with Crippen LogP contribution in [0.2, 0.25) is 0 Å². The molecule has 114 valence electrons. The van der Waals surface area contributed by atoms with Crippen molar-refractivity contribution in [3.63, 3.8) is 0 Å². The van der Waals surface area contributed by atoms with Crippen molar-refractivity contribution < 1.29 is 0 Å². The second-order valence-electron chi connectivity index (χ2n) is 5.08. The largest absolute Gasteiger partial charge is 0.332 e. The molecule has 2 aromatic heterocycles. The maximum absolute atomic E-state index is 12.2. The zero-order chi connectivity index (χ0) is 15.7.